The zero-order valence-corrected chi connectivity index (χ0v) is 12.9. The second kappa shape index (κ2) is 8.01. The fraction of sp³-hybridized carbons (Fsp3) is 0.500. The molecule has 0 aliphatic carbocycles. The van der Waals surface area contributed by atoms with Crippen molar-refractivity contribution in [3.63, 3.8) is 0 Å². The first-order valence-corrected chi connectivity index (χ1v) is 8.11. The summed E-state index contributed by atoms with van der Waals surface area (Å²) in [6, 6.07) is 6.50. The highest BCUT2D eigenvalue weighted by atomic mass is 32.2. The van der Waals surface area contributed by atoms with Crippen LogP contribution in [0.1, 0.15) is 20.3 Å². The van der Waals surface area contributed by atoms with Gasteiger partial charge in [-0.3, -0.25) is 4.21 Å². The van der Waals surface area contributed by atoms with Crippen LogP contribution in [0.5, 0.6) is 0 Å². The lowest BCUT2D eigenvalue weighted by Gasteiger charge is -2.21. The summed E-state index contributed by atoms with van der Waals surface area (Å²) in [5, 5.41) is 14.5. The molecule has 2 atom stereocenters. The highest BCUT2D eigenvalue weighted by Crippen LogP contribution is 2.12. The average Bonchev–Trinajstić information content (AvgIpc) is 2.38. The molecule has 0 aromatic heterocycles. The summed E-state index contributed by atoms with van der Waals surface area (Å²) in [7, 11) is -1.02. The standard InChI is InChI=1S/C14H22N2O3S/c1-10(2)13(8-9-17)16-14(18)15-11-4-6-12(7-5-11)20(3)19/h4-7,10,13,17H,8-9H2,1-3H3,(H2,15,16,18). The molecule has 0 saturated heterocycles. The number of rotatable bonds is 6. The van der Waals surface area contributed by atoms with Crippen LogP contribution in [0.15, 0.2) is 29.2 Å². The van der Waals surface area contributed by atoms with Crippen molar-refractivity contribution in [2.45, 2.75) is 31.2 Å². The Balaban J connectivity index is 2.59. The van der Waals surface area contributed by atoms with Crippen molar-refractivity contribution in [3.05, 3.63) is 24.3 Å². The quantitative estimate of drug-likeness (QED) is 0.751. The van der Waals surface area contributed by atoms with Gasteiger partial charge >= 0.3 is 6.03 Å². The lowest BCUT2D eigenvalue weighted by molar-refractivity contribution is 0.227. The van der Waals surface area contributed by atoms with E-state index in [-0.39, 0.29) is 24.6 Å². The van der Waals surface area contributed by atoms with Crippen LogP contribution < -0.4 is 10.6 Å². The summed E-state index contributed by atoms with van der Waals surface area (Å²) in [4.78, 5) is 12.6. The minimum absolute atomic E-state index is 0.0418. The lowest BCUT2D eigenvalue weighted by Crippen LogP contribution is -2.41. The Labute approximate surface area is 122 Å². The van der Waals surface area contributed by atoms with E-state index in [4.69, 9.17) is 5.11 Å². The van der Waals surface area contributed by atoms with E-state index in [1.54, 1.807) is 30.5 Å². The Kier molecular flexibility index (Phi) is 6.67. The first kappa shape index (κ1) is 16.7. The van der Waals surface area contributed by atoms with Gasteiger partial charge in [-0.15, -0.1) is 0 Å². The van der Waals surface area contributed by atoms with Crippen molar-refractivity contribution < 1.29 is 14.1 Å². The minimum Gasteiger partial charge on any atom is -0.396 e. The summed E-state index contributed by atoms with van der Waals surface area (Å²) in [6.45, 7) is 4.03. The summed E-state index contributed by atoms with van der Waals surface area (Å²) >= 11 is 0. The van der Waals surface area contributed by atoms with Gasteiger partial charge in [-0.1, -0.05) is 13.8 Å². The van der Waals surface area contributed by atoms with Crippen molar-refractivity contribution in [2.24, 2.45) is 5.92 Å². The summed E-state index contributed by atoms with van der Waals surface area (Å²) in [5.74, 6) is 0.248. The predicted molar refractivity (Wildman–Crippen MR) is 81.3 cm³/mol. The Bertz CT molecular complexity index is 460. The molecule has 5 nitrogen and oxygen atoms in total. The molecule has 1 rings (SSSR count). The molecule has 1 aromatic rings. The maximum atomic E-state index is 11.9. The number of nitrogens with one attached hydrogen (secondary N) is 2. The number of carbonyl (C=O) groups excluding carboxylic acids is 1. The van der Waals surface area contributed by atoms with Crippen molar-refractivity contribution in [1.29, 1.82) is 0 Å². The van der Waals surface area contributed by atoms with E-state index in [1.165, 1.54) is 0 Å². The second-order valence-corrected chi connectivity index (χ2v) is 6.32. The highest BCUT2D eigenvalue weighted by Gasteiger charge is 2.15. The number of benzene rings is 1. The number of amides is 2. The topological polar surface area (TPSA) is 78.4 Å². The molecule has 20 heavy (non-hydrogen) atoms. The third-order valence-electron chi connectivity index (χ3n) is 3.01. The van der Waals surface area contributed by atoms with E-state index < -0.39 is 10.8 Å². The van der Waals surface area contributed by atoms with Crippen molar-refractivity contribution >= 4 is 22.5 Å². The van der Waals surface area contributed by atoms with Gasteiger partial charge in [-0.2, -0.15) is 0 Å². The van der Waals surface area contributed by atoms with Crippen molar-refractivity contribution in [1.82, 2.24) is 5.32 Å². The Hall–Kier alpha value is -1.40. The van der Waals surface area contributed by atoms with Crippen LogP contribution in [0.2, 0.25) is 0 Å². The number of hydrogen-bond acceptors (Lipinski definition) is 3. The van der Waals surface area contributed by atoms with Crippen LogP contribution in [0.4, 0.5) is 10.5 Å². The normalized spacial score (nSPS) is 13.8. The van der Waals surface area contributed by atoms with Crippen LogP contribution in [0, 0.1) is 5.92 Å². The van der Waals surface area contributed by atoms with Gasteiger partial charge in [0.25, 0.3) is 0 Å². The maximum Gasteiger partial charge on any atom is 0.319 e. The largest absolute Gasteiger partial charge is 0.396 e. The number of aliphatic hydroxyl groups is 1. The molecule has 6 heteroatoms. The molecule has 2 amide bonds. The van der Waals surface area contributed by atoms with E-state index in [1.807, 2.05) is 13.8 Å². The molecule has 112 valence electrons. The van der Waals surface area contributed by atoms with Gasteiger partial charge in [0, 0.05) is 40.3 Å². The molecule has 0 radical (unpaired) electrons. The van der Waals surface area contributed by atoms with Crippen LogP contribution in [0.3, 0.4) is 0 Å². The van der Waals surface area contributed by atoms with Crippen LogP contribution >= 0.6 is 0 Å². The smallest absolute Gasteiger partial charge is 0.319 e. The van der Waals surface area contributed by atoms with Gasteiger partial charge in [0.1, 0.15) is 0 Å². The van der Waals surface area contributed by atoms with Crippen LogP contribution in [0.25, 0.3) is 0 Å². The average molecular weight is 298 g/mol. The van der Waals surface area contributed by atoms with Crippen molar-refractivity contribution in [2.75, 3.05) is 18.2 Å². The molecule has 0 heterocycles. The third kappa shape index (κ3) is 5.30. The van der Waals surface area contributed by atoms with E-state index >= 15 is 0 Å². The second-order valence-electron chi connectivity index (χ2n) is 4.94. The van der Waals surface area contributed by atoms with E-state index in [2.05, 4.69) is 10.6 Å². The highest BCUT2D eigenvalue weighted by molar-refractivity contribution is 7.84. The molecular formula is C14H22N2O3S. The first-order chi connectivity index (χ1) is 9.43. The fourth-order valence-corrected chi connectivity index (χ4v) is 2.30. The molecule has 3 N–H and O–H groups in total. The van der Waals surface area contributed by atoms with Gasteiger partial charge in [-0.25, -0.2) is 4.79 Å². The molecule has 0 saturated carbocycles. The summed E-state index contributed by atoms with van der Waals surface area (Å²) in [5.41, 5.74) is 0.642. The third-order valence-corrected chi connectivity index (χ3v) is 3.94. The Morgan fingerprint density at radius 1 is 1.30 bits per heavy atom. The minimum atomic E-state index is -1.02. The Morgan fingerprint density at radius 3 is 2.35 bits per heavy atom. The molecule has 0 aliphatic heterocycles. The van der Waals surface area contributed by atoms with E-state index in [0.717, 1.165) is 4.90 Å². The summed E-state index contributed by atoms with van der Waals surface area (Å²) in [6.07, 6.45) is 2.14. The molecular weight excluding hydrogens is 276 g/mol. The van der Waals surface area contributed by atoms with Crippen molar-refractivity contribution in [3.8, 4) is 0 Å². The number of hydrogen-bond donors (Lipinski definition) is 3. The molecule has 2 unspecified atom stereocenters. The molecule has 0 spiro atoms. The Morgan fingerprint density at radius 2 is 1.90 bits per heavy atom. The molecule has 0 bridgehead atoms. The predicted octanol–water partition coefficient (Wildman–Crippen LogP) is 1.95. The SMILES string of the molecule is CC(C)C(CCO)NC(=O)Nc1ccc(S(C)=O)cc1. The van der Waals surface area contributed by atoms with Crippen LogP contribution in [-0.4, -0.2) is 34.3 Å². The molecule has 0 fully saturated rings. The zero-order valence-electron chi connectivity index (χ0n) is 12.1. The summed E-state index contributed by atoms with van der Waals surface area (Å²) < 4.78 is 11.3. The maximum absolute atomic E-state index is 11.9. The number of anilines is 1. The van der Waals surface area contributed by atoms with Gasteiger partial charge in [0.05, 0.1) is 0 Å². The fourth-order valence-electron chi connectivity index (χ4n) is 1.78. The van der Waals surface area contributed by atoms with Gasteiger partial charge < -0.3 is 15.7 Å². The molecule has 1 aromatic carbocycles. The monoisotopic (exact) mass is 298 g/mol. The van der Waals surface area contributed by atoms with E-state index in [0.29, 0.717) is 12.1 Å². The molecule has 0 aliphatic rings. The number of carbonyl (C=O) groups is 1. The van der Waals surface area contributed by atoms with E-state index in [9.17, 15) is 9.00 Å². The van der Waals surface area contributed by atoms with Crippen LogP contribution in [-0.2, 0) is 10.8 Å². The lowest BCUT2D eigenvalue weighted by atomic mass is 10.0. The van der Waals surface area contributed by atoms with Gasteiger partial charge in [0.2, 0.25) is 0 Å². The first-order valence-electron chi connectivity index (χ1n) is 6.56. The number of aliphatic hydroxyl groups excluding tert-OH is 1. The zero-order chi connectivity index (χ0) is 15.1. The van der Waals surface area contributed by atoms with Gasteiger partial charge in [-0.05, 0) is 36.6 Å². The number of urea groups is 1. The van der Waals surface area contributed by atoms with Gasteiger partial charge in [0.15, 0.2) is 0 Å².